The first-order valence-electron chi connectivity index (χ1n) is 11.4. The standard InChI is InChI=1S/C23H31N5O3S/c1-27(18-8-9-18)13-10-24-21(30)16-6-5-7-17(14-16)25-20(29)15-19-22(31)26-23(32-19)28-11-3-2-4-12-28/h5-7,14,18-19H,2-4,8-13,15H2,1H3,(H,24,30)(H,25,29). The Bertz CT molecular complexity index is 895. The van der Waals surface area contributed by atoms with Crippen molar-refractivity contribution in [2.75, 3.05) is 38.5 Å². The van der Waals surface area contributed by atoms with E-state index < -0.39 is 5.25 Å². The van der Waals surface area contributed by atoms with Gasteiger partial charge in [0.1, 0.15) is 5.25 Å². The summed E-state index contributed by atoms with van der Waals surface area (Å²) in [4.78, 5) is 45.9. The zero-order chi connectivity index (χ0) is 22.5. The van der Waals surface area contributed by atoms with Crippen LogP contribution in [0.3, 0.4) is 0 Å². The minimum atomic E-state index is -0.484. The number of carbonyl (C=O) groups excluding carboxylic acids is 3. The van der Waals surface area contributed by atoms with E-state index in [1.165, 1.54) is 31.0 Å². The molecule has 2 N–H and O–H groups in total. The van der Waals surface area contributed by atoms with Gasteiger partial charge >= 0.3 is 0 Å². The van der Waals surface area contributed by atoms with E-state index in [1.807, 2.05) is 0 Å². The summed E-state index contributed by atoms with van der Waals surface area (Å²) in [6.07, 6.45) is 5.98. The minimum Gasteiger partial charge on any atom is -0.351 e. The first-order valence-corrected chi connectivity index (χ1v) is 12.3. The Morgan fingerprint density at radius 3 is 2.75 bits per heavy atom. The summed E-state index contributed by atoms with van der Waals surface area (Å²) in [5, 5.41) is 6.02. The molecule has 2 aliphatic heterocycles. The highest BCUT2D eigenvalue weighted by atomic mass is 32.2. The van der Waals surface area contributed by atoms with Crippen molar-refractivity contribution in [2.24, 2.45) is 4.99 Å². The maximum Gasteiger partial charge on any atom is 0.262 e. The molecule has 3 aliphatic rings. The van der Waals surface area contributed by atoms with E-state index in [9.17, 15) is 14.4 Å². The van der Waals surface area contributed by atoms with Gasteiger partial charge < -0.3 is 20.4 Å². The van der Waals surface area contributed by atoms with Crippen LogP contribution in [-0.2, 0) is 9.59 Å². The third kappa shape index (κ3) is 6.10. The fourth-order valence-electron chi connectivity index (χ4n) is 3.99. The molecule has 1 aromatic rings. The van der Waals surface area contributed by atoms with Crippen LogP contribution in [0.15, 0.2) is 29.3 Å². The lowest BCUT2D eigenvalue weighted by Gasteiger charge is -2.27. The molecule has 32 heavy (non-hydrogen) atoms. The average Bonchev–Trinajstić information content (AvgIpc) is 3.58. The normalized spacial score (nSPS) is 20.9. The van der Waals surface area contributed by atoms with Gasteiger partial charge in [-0.1, -0.05) is 17.8 Å². The van der Waals surface area contributed by atoms with E-state index >= 15 is 0 Å². The van der Waals surface area contributed by atoms with Crippen molar-refractivity contribution in [2.45, 2.75) is 49.8 Å². The molecule has 2 fully saturated rings. The highest BCUT2D eigenvalue weighted by Crippen LogP contribution is 2.29. The van der Waals surface area contributed by atoms with Crippen molar-refractivity contribution in [3.8, 4) is 0 Å². The van der Waals surface area contributed by atoms with Crippen molar-refractivity contribution in [3.63, 3.8) is 0 Å². The van der Waals surface area contributed by atoms with E-state index in [1.54, 1.807) is 24.3 Å². The number of rotatable bonds is 8. The molecular weight excluding hydrogens is 426 g/mol. The summed E-state index contributed by atoms with van der Waals surface area (Å²) in [5.41, 5.74) is 1.05. The van der Waals surface area contributed by atoms with E-state index in [-0.39, 0.29) is 24.1 Å². The van der Waals surface area contributed by atoms with E-state index in [0.717, 1.165) is 37.6 Å². The smallest absolute Gasteiger partial charge is 0.262 e. The third-order valence-electron chi connectivity index (χ3n) is 6.06. The average molecular weight is 458 g/mol. The lowest BCUT2D eigenvalue weighted by atomic mass is 10.1. The van der Waals surface area contributed by atoms with Crippen LogP contribution >= 0.6 is 11.8 Å². The first-order chi connectivity index (χ1) is 15.5. The summed E-state index contributed by atoms with van der Waals surface area (Å²) >= 11 is 1.39. The number of likely N-dealkylation sites (N-methyl/N-ethyl adjacent to an activating group) is 1. The van der Waals surface area contributed by atoms with E-state index in [4.69, 9.17) is 0 Å². The number of nitrogens with zero attached hydrogens (tertiary/aromatic N) is 3. The molecule has 1 aromatic carbocycles. The predicted molar refractivity (Wildman–Crippen MR) is 127 cm³/mol. The molecule has 1 atom stereocenters. The molecular formula is C23H31N5O3S. The van der Waals surface area contributed by atoms with Crippen LogP contribution in [0.4, 0.5) is 5.69 Å². The third-order valence-corrected chi connectivity index (χ3v) is 7.27. The summed E-state index contributed by atoms with van der Waals surface area (Å²) in [7, 11) is 2.08. The number of nitrogens with one attached hydrogen (secondary N) is 2. The molecule has 0 spiro atoms. The van der Waals surface area contributed by atoms with Gasteiger partial charge in [0.2, 0.25) is 5.91 Å². The van der Waals surface area contributed by atoms with Gasteiger partial charge in [0, 0.05) is 49.9 Å². The predicted octanol–water partition coefficient (Wildman–Crippen LogP) is 2.32. The van der Waals surface area contributed by atoms with Crippen molar-refractivity contribution >= 4 is 40.3 Å². The number of piperidine rings is 1. The quantitative estimate of drug-likeness (QED) is 0.622. The zero-order valence-electron chi connectivity index (χ0n) is 18.5. The molecule has 1 unspecified atom stereocenters. The molecule has 9 heteroatoms. The second-order valence-electron chi connectivity index (χ2n) is 8.69. The van der Waals surface area contributed by atoms with Gasteiger partial charge in [0.05, 0.1) is 0 Å². The molecule has 1 saturated carbocycles. The van der Waals surface area contributed by atoms with Gasteiger partial charge in [-0.05, 0) is 57.4 Å². The van der Waals surface area contributed by atoms with Gasteiger partial charge in [-0.3, -0.25) is 14.4 Å². The van der Waals surface area contributed by atoms with Gasteiger partial charge in [-0.25, -0.2) is 0 Å². The fourth-order valence-corrected chi connectivity index (χ4v) is 5.11. The number of anilines is 1. The number of carbonyl (C=O) groups is 3. The molecule has 4 rings (SSSR count). The Morgan fingerprint density at radius 2 is 2.00 bits per heavy atom. The number of hydrogen-bond acceptors (Lipinski definition) is 6. The van der Waals surface area contributed by atoms with Crippen molar-refractivity contribution in [1.82, 2.24) is 15.1 Å². The van der Waals surface area contributed by atoms with Crippen LogP contribution in [0.25, 0.3) is 0 Å². The molecule has 0 bridgehead atoms. The van der Waals surface area contributed by atoms with E-state index in [0.29, 0.717) is 23.8 Å². The fraction of sp³-hybridized carbons (Fsp3) is 0.565. The van der Waals surface area contributed by atoms with Crippen LogP contribution in [0, 0.1) is 0 Å². The summed E-state index contributed by atoms with van der Waals surface area (Å²) in [5.74, 6) is -0.657. The SMILES string of the molecule is CN(CCNC(=O)c1cccc(NC(=O)CC2SC(N3CCCCC3)=NC2=O)c1)C1CC1. The maximum atomic E-state index is 12.5. The largest absolute Gasteiger partial charge is 0.351 e. The minimum absolute atomic E-state index is 0.0638. The Morgan fingerprint density at radius 1 is 1.22 bits per heavy atom. The van der Waals surface area contributed by atoms with Gasteiger partial charge in [0.15, 0.2) is 5.17 Å². The summed E-state index contributed by atoms with van der Waals surface area (Å²) < 4.78 is 0. The van der Waals surface area contributed by atoms with Gasteiger partial charge in [0.25, 0.3) is 11.8 Å². The van der Waals surface area contributed by atoms with Gasteiger partial charge in [-0.15, -0.1) is 0 Å². The second-order valence-corrected chi connectivity index (χ2v) is 9.86. The lowest BCUT2D eigenvalue weighted by Crippen LogP contribution is -2.34. The lowest BCUT2D eigenvalue weighted by molar-refractivity contribution is -0.121. The Hall–Kier alpha value is -2.39. The highest BCUT2D eigenvalue weighted by Gasteiger charge is 2.33. The molecule has 3 amide bonds. The number of benzene rings is 1. The Balaban J connectivity index is 1.24. The second kappa shape index (κ2) is 10.5. The molecule has 1 saturated heterocycles. The van der Waals surface area contributed by atoms with E-state index in [2.05, 4.69) is 32.5 Å². The number of amides is 3. The molecule has 172 valence electrons. The molecule has 8 nitrogen and oxygen atoms in total. The first kappa shape index (κ1) is 22.8. The summed E-state index contributed by atoms with van der Waals surface area (Å²) in [6.45, 7) is 3.25. The topological polar surface area (TPSA) is 94.1 Å². The number of likely N-dealkylation sites (tertiary alicyclic amines) is 1. The molecule has 1 aliphatic carbocycles. The number of amidine groups is 1. The molecule has 2 heterocycles. The van der Waals surface area contributed by atoms with Crippen LogP contribution in [0.5, 0.6) is 0 Å². The zero-order valence-corrected chi connectivity index (χ0v) is 19.3. The van der Waals surface area contributed by atoms with Crippen LogP contribution < -0.4 is 10.6 Å². The summed E-state index contributed by atoms with van der Waals surface area (Å²) in [6, 6.07) is 7.54. The van der Waals surface area contributed by atoms with Crippen molar-refractivity contribution in [1.29, 1.82) is 0 Å². The molecule has 0 aromatic heterocycles. The highest BCUT2D eigenvalue weighted by molar-refractivity contribution is 8.15. The van der Waals surface area contributed by atoms with Crippen LogP contribution in [0.1, 0.15) is 48.9 Å². The van der Waals surface area contributed by atoms with Crippen LogP contribution in [0.2, 0.25) is 0 Å². The molecule has 0 radical (unpaired) electrons. The Kier molecular flexibility index (Phi) is 7.47. The van der Waals surface area contributed by atoms with Gasteiger partial charge in [-0.2, -0.15) is 4.99 Å². The van der Waals surface area contributed by atoms with Crippen molar-refractivity contribution < 1.29 is 14.4 Å². The Labute approximate surface area is 193 Å². The number of aliphatic imine (C=N–C) groups is 1. The maximum absolute atomic E-state index is 12.5. The number of hydrogen-bond donors (Lipinski definition) is 2. The number of thioether (sulfide) groups is 1. The monoisotopic (exact) mass is 457 g/mol. The van der Waals surface area contributed by atoms with Crippen molar-refractivity contribution in [3.05, 3.63) is 29.8 Å². The van der Waals surface area contributed by atoms with Crippen LogP contribution in [-0.4, -0.2) is 77.2 Å².